The van der Waals surface area contributed by atoms with Gasteiger partial charge in [0.25, 0.3) is 0 Å². The number of amides is 1. The summed E-state index contributed by atoms with van der Waals surface area (Å²) >= 11 is 1.39. The fraction of sp³-hybridized carbons (Fsp3) is 0.235. The smallest absolute Gasteiger partial charge is 0.230 e. The van der Waals surface area contributed by atoms with Gasteiger partial charge in [-0.15, -0.1) is 11.8 Å². The summed E-state index contributed by atoms with van der Waals surface area (Å²) in [5.41, 5.74) is 0.520. The first-order valence-corrected chi connectivity index (χ1v) is 7.99. The summed E-state index contributed by atoms with van der Waals surface area (Å²) in [6, 6.07) is 10.6. The SMILES string of the molecule is COc1ccc(SCC(=O)NC(C)c2ccc(F)c(F)c2)cc1. The number of methoxy groups -OCH3 is 1. The number of hydrogen-bond donors (Lipinski definition) is 1. The Balaban J connectivity index is 1.86. The zero-order chi connectivity index (χ0) is 16.8. The molecule has 122 valence electrons. The lowest BCUT2D eigenvalue weighted by Gasteiger charge is -2.14. The van der Waals surface area contributed by atoms with E-state index in [1.807, 2.05) is 24.3 Å². The Hall–Kier alpha value is -2.08. The van der Waals surface area contributed by atoms with Gasteiger partial charge in [-0.2, -0.15) is 0 Å². The highest BCUT2D eigenvalue weighted by atomic mass is 32.2. The van der Waals surface area contributed by atoms with Gasteiger partial charge in [0, 0.05) is 4.90 Å². The molecule has 0 aliphatic rings. The molecule has 0 aromatic heterocycles. The Labute approximate surface area is 138 Å². The highest BCUT2D eigenvalue weighted by Crippen LogP contribution is 2.21. The van der Waals surface area contributed by atoms with Crippen molar-refractivity contribution in [3.05, 3.63) is 59.7 Å². The van der Waals surface area contributed by atoms with Crippen LogP contribution in [0.1, 0.15) is 18.5 Å². The Morgan fingerprint density at radius 1 is 1.17 bits per heavy atom. The van der Waals surface area contributed by atoms with Gasteiger partial charge in [-0.25, -0.2) is 8.78 Å². The van der Waals surface area contributed by atoms with Gasteiger partial charge in [-0.1, -0.05) is 6.07 Å². The highest BCUT2D eigenvalue weighted by molar-refractivity contribution is 8.00. The molecule has 0 aliphatic heterocycles. The fourth-order valence-corrected chi connectivity index (χ4v) is 2.68. The van der Waals surface area contributed by atoms with E-state index in [0.717, 1.165) is 22.8 Å². The average molecular weight is 337 g/mol. The lowest BCUT2D eigenvalue weighted by atomic mass is 10.1. The number of carbonyl (C=O) groups excluding carboxylic acids is 1. The molecule has 2 rings (SSSR count). The molecule has 0 aliphatic carbocycles. The van der Waals surface area contributed by atoms with Gasteiger partial charge in [0.05, 0.1) is 18.9 Å². The van der Waals surface area contributed by atoms with Crippen molar-refractivity contribution in [2.24, 2.45) is 0 Å². The zero-order valence-electron chi connectivity index (χ0n) is 12.8. The fourth-order valence-electron chi connectivity index (χ4n) is 1.97. The minimum atomic E-state index is -0.920. The molecule has 0 spiro atoms. The number of rotatable bonds is 6. The van der Waals surface area contributed by atoms with E-state index in [1.54, 1.807) is 14.0 Å². The maximum atomic E-state index is 13.2. The van der Waals surface area contributed by atoms with E-state index in [1.165, 1.54) is 17.8 Å². The summed E-state index contributed by atoms with van der Waals surface area (Å²) < 4.78 is 31.2. The molecule has 2 aromatic rings. The maximum Gasteiger partial charge on any atom is 0.230 e. The molecule has 0 saturated carbocycles. The molecular weight excluding hydrogens is 320 g/mol. The Bertz CT molecular complexity index is 677. The van der Waals surface area contributed by atoms with E-state index >= 15 is 0 Å². The number of ether oxygens (including phenoxy) is 1. The summed E-state index contributed by atoms with van der Waals surface area (Å²) in [7, 11) is 1.59. The average Bonchev–Trinajstić information content (AvgIpc) is 2.55. The van der Waals surface area contributed by atoms with Gasteiger partial charge >= 0.3 is 0 Å². The standard InChI is InChI=1S/C17H17F2NO2S/c1-11(12-3-8-15(18)16(19)9-12)20-17(21)10-23-14-6-4-13(22-2)5-7-14/h3-9,11H,10H2,1-2H3,(H,20,21). The number of thioether (sulfide) groups is 1. The molecule has 0 bridgehead atoms. The van der Waals surface area contributed by atoms with Crippen LogP contribution < -0.4 is 10.1 Å². The molecule has 23 heavy (non-hydrogen) atoms. The molecule has 1 unspecified atom stereocenters. The lowest BCUT2D eigenvalue weighted by Crippen LogP contribution is -2.28. The van der Waals surface area contributed by atoms with Gasteiger partial charge in [-0.05, 0) is 48.9 Å². The topological polar surface area (TPSA) is 38.3 Å². The van der Waals surface area contributed by atoms with Crippen molar-refractivity contribution in [2.75, 3.05) is 12.9 Å². The zero-order valence-corrected chi connectivity index (χ0v) is 13.6. The van der Waals surface area contributed by atoms with Crippen LogP contribution in [0.5, 0.6) is 5.75 Å². The first-order chi connectivity index (χ1) is 11.0. The van der Waals surface area contributed by atoms with Crippen LogP contribution in [0.2, 0.25) is 0 Å². The molecule has 0 heterocycles. The van der Waals surface area contributed by atoms with Gasteiger partial charge in [-0.3, -0.25) is 4.79 Å². The molecule has 0 fully saturated rings. The first kappa shape index (κ1) is 17.3. The van der Waals surface area contributed by atoms with Gasteiger partial charge < -0.3 is 10.1 Å². The summed E-state index contributed by atoms with van der Waals surface area (Å²) in [4.78, 5) is 12.9. The monoisotopic (exact) mass is 337 g/mol. The third-order valence-corrected chi connectivity index (χ3v) is 4.26. The lowest BCUT2D eigenvalue weighted by molar-refractivity contribution is -0.119. The largest absolute Gasteiger partial charge is 0.497 e. The van der Waals surface area contributed by atoms with Crippen LogP contribution in [0, 0.1) is 11.6 Å². The summed E-state index contributed by atoms with van der Waals surface area (Å²) in [5.74, 6) is -1.01. The number of halogens is 2. The summed E-state index contributed by atoms with van der Waals surface area (Å²) in [6.45, 7) is 1.72. The molecule has 1 N–H and O–H groups in total. The van der Waals surface area contributed by atoms with Crippen LogP contribution in [0.4, 0.5) is 8.78 Å². The second kappa shape index (κ2) is 7.97. The van der Waals surface area contributed by atoms with Crippen molar-refractivity contribution in [2.45, 2.75) is 17.9 Å². The van der Waals surface area contributed by atoms with Crippen LogP contribution >= 0.6 is 11.8 Å². The Morgan fingerprint density at radius 3 is 2.48 bits per heavy atom. The van der Waals surface area contributed by atoms with Crippen molar-refractivity contribution in [1.29, 1.82) is 0 Å². The molecule has 1 amide bonds. The van der Waals surface area contributed by atoms with Crippen LogP contribution in [0.3, 0.4) is 0 Å². The van der Waals surface area contributed by atoms with E-state index in [-0.39, 0.29) is 11.7 Å². The van der Waals surface area contributed by atoms with Crippen LogP contribution in [-0.4, -0.2) is 18.8 Å². The van der Waals surface area contributed by atoms with Crippen molar-refractivity contribution in [1.82, 2.24) is 5.32 Å². The normalized spacial score (nSPS) is 11.8. The van der Waals surface area contributed by atoms with Crippen LogP contribution in [0.15, 0.2) is 47.4 Å². The van der Waals surface area contributed by atoms with Crippen molar-refractivity contribution in [3.8, 4) is 5.75 Å². The molecule has 1 atom stereocenters. The Morgan fingerprint density at radius 2 is 1.87 bits per heavy atom. The second-order valence-electron chi connectivity index (χ2n) is 4.93. The van der Waals surface area contributed by atoms with Crippen molar-refractivity contribution < 1.29 is 18.3 Å². The van der Waals surface area contributed by atoms with Gasteiger partial charge in [0.15, 0.2) is 11.6 Å². The van der Waals surface area contributed by atoms with E-state index < -0.39 is 17.7 Å². The molecular formula is C17H17F2NO2S. The van der Waals surface area contributed by atoms with Gasteiger partial charge in [0.1, 0.15) is 5.75 Å². The number of carbonyl (C=O) groups is 1. The van der Waals surface area contributed by atoms with E-state index in [4.69, 9.17) is 4.74 Å². The molecule has 0 saturated heterocycles. The summed E-state index contributed by atoms with van der Waals surface area (Å²) in [6.07, 6.45) is 0. The van der Waals surface area contributed by atoms with Gasteiger partial charge in [0.2, 0.25) is 5.91 Å². The minimum Gasteiger partial charge on any atom is -0.497 e. The van der Waals surface area contributed by atoms with E-state index in [9.17, 15) is 13.6 Å². The third kappa shape index (κ3) is 4.96. The van der Waals surface area contributed by atoms with Crippen LogP contribution in [0.25, 0.3) is 0 Å². The molecule has 2 aromatic carbocycles. The number of hydrogen-bond acceptors (Lipinski definition) is 3. The quantitative estimate of drug-likeness (QED) is 0.812. The molecule has 6 heteroatoms. The highest BCUT2D eigenvalue weighted by Gasteiger charge is 2.12. The maximum absolute atomic E-state index is 13.2. The predicted octanol–water partition coefficient (Wildman–Crippen LogP) is 3.94. The number of benzene rings is 2. The van der Waals surface area contributed by atoms with E-state index in [2.05, 4.69) is 5.32 Å². The summed E-state index contributed by atoms with van der Waals surface area (Å²) in [5, 5.41) is 2.76. The number of nitrogens with one attached hydrogen (secondary N) is 1. The molecule has 0 radical (unpaired) electrons. The molecule has 3 nitrogen and oxygen atoms in total. The Kier molecular flexibility index (Phi) is 5.98. The van der Waals surface area contributed by atoms with Crippen molar-refractivity contribution >= 4 is 17.7 Å². The predicted molar refractivity (Wildman–Crippen MR) is 86.6 cm³/mol. The van der Waals surface area contributed by atoms with Crippen LogP contribution in [-0.2, 0) is 4.79 Å². The van der Waals surface area contributed by atoms with Crippen molar-refractivity contribution in [3.63, 3.8) is 0 Å². The third-order valence-electron chi connectivity index (χ3n) is 3.25. The first-order valence-electron chi connectivity index (χ1n) is 7.00. The second-order valence-corrected chi connectivity index (χ2v) is 5.98. The minimum absolute atomic E-state index is 0.178. The van der Waals surface area contributed by atoms with E-state index in [0.29, 0.717) is 5.56 Å².